The second-order valence-electron chi connectivity index (χ2n) is 5.14. The van der Waals surface area contributed by atoms with Crippen LogP contribution in [0, 0.1) is 16.7 Å². The molecule has 1 aliphatic rings. The maximum absolute atomic E-state index is 8.67. The Morgan fingerprint density at radius 3 is 2.69 bits per heavy atom. The molecule has 1 fully saturated rings. The maximum Gasteiger partial charge on any atom is 0.0628 e. The SMILES string of the molecule is CC(C)OCCCCNCC1(CC#N)CC1. The van der Waals surface area contributed by atoms with E-state index in [-0.39, 0.29) is 0 Å². The molecule has 3 nitrogen and oxygen atoms in total. The molecule has 16 heavy (non-hydrogen) atoms. The summed E-state index contributed by atoms with van der Waals surface area (Å²) in [6.45, 7) is 7.07. The van der Waals surface area contributed by atoms with Crippen LogP contribution < -0.4 is 5.32 Å². The fraction of sp³-hybridized carbons (Fsp3) is 0.923. The van der Waals surface area contributed by atoms with Crippen molar-refractivity contribution in [1.29, 1.82) is 5.26 Å². The highest BCUT2D eigenvalue weighted by atomic mass is 16.5. The van der Waals surface area contributed by atoms with Crippen LogP contribution >= 0.6 is 0 Å². The summed E-state index contributed by atoms with van der Waals surface area (Å²) in [6.07, 6.45) is 5.80. The second kappa shape index (κ2) is 6.88. The first kappa shape index (κ1) is 13.5. The maximum atomic E-state index is 8.67. The lowest BCUT2D eigenvalue weighted by atomic mass is 10.0. The molecule has 0 atom stereocenters. The normalized spacial score (nSPS) is 17.4. The minimum absolute atomic E-state index is 0.336. The van der Waals surface area contributed by atoms with Gasteiger partial charge in [0.05, 0.1) is 12.2 Å². The Labute approximate surface area is 99.2 Å². The Bertz CT molecular complexity index is 229. The summed E-state index contributed by atoms with van der Waals surface area (Å²) in [6, 6.07) is 2.28. The van der Waals surface area contributed by atoms with Crippen LogP contribution in [-0.4, -0.2) is 25.8 Å². The molecule has 0 aromatic rings. The van der Waals surface area contributed by atoms with Gasteiger partial charge in [0.1, 0.15) is 0 Å². The minimum atomic E-state index is 0.336. The second-order valence-corrected chi connectivity index (χ2v) is 5.14. The fourth-order valence-electron chi connectivity index (χ4n) is 1.79. The number of nitrogens with zero attached hydrogens (tertiary/aromatic N) is 1. The van der Waals surface area contributed by atoms with Crippen LogP contribution in [0.25, 0.3) is 0 Å². The van der Waals surface area contributed by atoms with E-state index in [4.69, 9.17) is 10.00 Å². The zero-order valence-electron chi connectivity index (χ0n) is 10.6. The van der Waals surface area contributed by atoms with Gasteiger partial charge in [-0.2, -0.15) is 5.26 Å². The summed E-state index contributed by atoms with van der Waals surface area (Å²) in [4.78, 5) is 0. The third-order valence-corrected chi connectivity index (χ3v) is 3.11. The van der Waals surface area contributed by atoms with Crippen LogP contribution in [0.15, 0.2) is 0 Å². The lowest BCUT2D eigenvalue weighted by Crippen LogP contribution is -2.25. The first-order chi connectivity index (χ1) is 7.68. The predicted octanol–water partition coefficient (Wildman–Crippen LogP) is 2.48. The molecule has 0 radical (unpaired) electrons. The summed E-state index contributed by atoms with van der Waals surface area (Å²) in [5.74, 6) is 0. The van der Waals surface area contributed by atoms with Crippen molar-refractivity contribution in [2.75, 3.05) is 19.7 Å². The highest BCUT2D eigenvalue weighted by molar-refractivity contribution is 5.00. The van der Waals surface area contributed by atoms with Gasteiger partial charge in [0.25, 0.3) is 0 Å². The van der Waals surface area contributed by atoms with Gasteiger partial charge in [0.2, 0.25) is 0 Å². The number of ether oxygens (including phenoxy) is 1. The third kappa shape index (κ3) is 5.48. The average Bonchev–Trinajstić information content (AvgIpc) is 2.97. The van der Waals surface area contributed by atoms with Gasteiger partial charge in [-0.1, -0.05) is 0 Å². The van der Waals surface area contributed by atoms with Gasteiger partial charge >= 0.3 is 0 Å². The molecule has 1 saturated carbocycles. The molecule has 0 bridgehead atoms. The van der Waals surface area contributed by atoms with Crippen LogP contribution in [0.2, 0.25) is 0 Å². The van der Waals surface area contributed by atoms with Crippen molar-refractivity contribution in [3.8, 4) is 6.07 Å². The molecule has 0 aromatic heterocycles. The van der Waals surface area contributed by atoms with Crippen LogP contribution in [-0.2, 0) is 4.74 Å². The Morgan fingerprint density at radius 1 is 1.38 bits per heavy atom. The van der Waals surface area contributed by atoms with E-state index in [2.05, 4.69) is 25.2 Å². The molecule has 0 unspecified atom stereocenters. The van der Waals surface area contributed by atoms with Crippen molar-refractivity contribution in [2.45, 2.75) is 52.1 Å². The smallest absolute Gasteiger partial charge is 0.0628 e. The number of hydrogen-bond donors (Lipinski definition) is 1. The van der Waals surface area contributed by atoms with Crippen LogP contribution in [0.4, 0.5) is 0 Å². The lowest BCUT2D eigenvalue weighted by molar-refractivity contribution is 0.0760. The average molecular weight is 224 g/mol. The van der Waals surface area contributed by atoms with Crippen molar-refractivity contribution >= 4 is 0 Å². The Hall–Kier alpha value is -0.590. The van der Waals surface area contributed by atoms with Gasteiger partial charge in [-0.25, -0.2) is 0 Å². The molecule has 92 valence electrons. The zero-order valence-corrected chi connectivity index (χ0v) is 10.6. The van der Waals surface area contributed by atoms with Gasteiger partial charge in [0.15, 0.2) is 0 Å². The minimum Gasteiger partial charge on any atom is -0.379 e. The zero-order chi connectivity index (χ0) is 11.9. The number of rotatable bonds is 9. The molecule has 1 rings (SSSR count). The van der Waals surface area contributed by atoms with Crippen molar-refractivity contribution in [3.63, 3.8) is 0 Å². The fourth-order valence-corrected chi connectivity index (χ4v) is 1.79. The highest BCUT2D eigenvalue weighted by Gasteiger charge is 2.41. The van der Waals surface area contributed by atoms with Crippen molar-refractivity contribution in [1.82, 2.24) is 5.32 Å². The number of nitriles is 1. The van der Waals surface area contributed by atoms with Crippen molar-refractivity contribution in [3.05, 3.63) is 0 Å². The molecule has 0 aliphatic heterocycles. The van der Waals surface area contributed by atoms with Gasteiger partial charge in [-0.3, -0.25) is 0 Å². The van der Waals surface area contributed by atoms with E-state index in [0.717, 1.165) is 39.0 Å². The number of nitrogens with one attached hydrogen (secondary N) is 1. The van der Waals surface area contributed by atoms with Gasteiger partial charge in [-0.15, -0.1) is 0 Å². The molecule has 0 amide bonds. The van der Waals surface area contributed by atoms with E-state index in [1.807, 2.05) is 0 Å². The molecule has 0 saturated heterocycles. The Morgan fingerprint density at radius 2 is 2.12 bits per heavy atom. The van der Waals surface area contributed by atoms with E-state index in [1.54, 1.807) is 0 Å². The summed E-state index contributed by atoms with van der Waals surface area (Å²) >= 11 is 0. The Balaban J connectivity index is 1.87. The summed E-state index contributed by atoms with van der Waals surface area (Å²) < 4.78 is 5.47. The molecule has 3 heteroatoms. The third-order valence-electron chi connectivity index (χ3n) is 3.11. The molecule has 0 heterocycles. The summed E-state index contributed by atoms with van der Waals surface area (Å²) in [7, 11) is 0. The van der Waals surface area contributed by atoms with Crippen LogP contribution in [0.1, 0.15) is 46.0 Å². The van der Waals surface area contributed by atoms with Gasteiger partial charge in [-0.05, 0) is 51.5 Å². The Kier molecular flexibility index (Phi) is 5.79. The molecular formula is C13H24N2O. The topological polar surface area (TPSA) is 45.0 Å². The first-order valence-corrected chi connectivity index (χ1v) is 6.38. The molecule has 0 aromatic carbocycles. The standard InChI is InChI=1S/C13H24N2O/c1-12(2)16-10-4-3-9-15-11-13(5-6-13)7-8-14/h12,15H,3-7,9-11H2,1-2H3. The monoisotopic (exact) mass is 224 g/mol. The van der Waals surface area contributed by atoms with E-state index in [0.29, 0.717) is 11.5 Å². The van der Waals surface area contributed by atoms with Crippen LogP contribution in [0.3, 0.4) is 0 Å². The predicted molar refractivity (Wildman–Crippen MR) is 65.1 cm³/mol. The molecule has 0 spiro atoms. The molecule has 1 aliphatic carbocycles. The van der Waals surface area contributed by atoms with Crippen molar-refractivity contribution < 1.29 is 4.74 Å². The first-order valence-electron chi connectivity index (χ1n) is 6.38. The van der Waals surface area contributed by atoms with E-state index in [9.17, 15) is 0 Å². The number of hydrogen-bond acceptors (Lipinski definition) is 3. The summed E-state index contributed by atoms with van der Waals surface area (Å²) in [5, 5.41) is 12.1. The van der Waals surface area contributed by atoms with Gasteiger partial charge in [0, 0.05) is 19.6 Å². The van der Waals surface area contributed by atoms with E-state index in [1.165, 1.54) is 12.8 Å². The van der Waals surface area contributed by atoms with E-state index >= 15 is 0 Å². The molecular weight excluding hydrogens is 200 g/mol. The number of unbranched alkanes of at least 4 members (excludes halogenated alkanes) is 1. The quantitative estimate of drug-likeness (QED) is 0.612. The highest BCUT2D eigenvalue weighted by Crippen LogP contribution is 2.47. The lowest BCUT2D eigenvalue weighted by Gasteiger charge is -2.12. The van der Waals surface area contributed by atoms with Crippen molar-refractivity contribution in [2.24, 2.45) is 5.41 Å². The summed E-state index contributed by atoms with van der Waals surface area (Å²) in [5.41, 5.74) is 0.336. The molecule has 1 N–H and O–H groups in total. The van der Waals surface area contributed by atoms with Crippen LogP contribution in [0.5, 0.6) is 0 Å². The largest absolute Gasteiger partial charge is 0.379 e. The van der Waals surface area contributed by atoms with E-state index < -0.39 is 0 Å². The van der Waals surface area contributed by atoms with Gasteiger partial charge < -0.3 is 10.1 Å².